The number of nitro groups is 1. The molecule has 0 aliphatic carbocycles. The summed E-state index contributed by atoms with van der Waals surface area (Å²) in [5, 5.41) is 14.3. The quantitative estimate of drug-likeness (QED) is 0.682. The molecule has 2 amide bonds. The van der Waals surface area contributed by atoms with Crippen LogP contribution in [0.3, 0.4) is 0 Å². The number of hydrogen-bond acceptors (Lipinski definition) is 4. The molecule has 7 heteroatoms. The van der Waals surface area contributed by atoms with Gasteiger partial charge in [-0.15, -0.1) is 0 Å². The van der Waals surface area contributed by atoms with Crippen LogP contribution in [-0.4, -0.2) is 29.0 Å². The second-order valence-electron chi connectivity index (χ2n) is 5.40. The van der Waals surface area contributed by atoms with Crippen LogP contribution in [0.25, 0.3) is 0 Å². The Balaban J connectivity index is 2.08. The molecule has 2 aliphatic heterocycles. The Hall–Kier alpha value is -2.93. The van der Waals surface area contributed by atoms with Crippen molar-refractivity contribution < 1.29 is 14.5 Å². The maximum atomic E-state index is 12.5. The third kappa shape index (κ3) is 1.77. The van der Waals surface area contributed by atoms with Crippen LogP contribution in [0.1, 0.15) is 11.1 Å². The van der Waals surface area contributed by atoms with E-state index in [1.54, 1.807) is 12.1 Å². The third-order valence-electron chi connectivity index (χ3n) is 4.24. The molecule has 2 aromatic rings. The van der Waals surface area contributed by atoms with Gasteiger partial charge in [-0.1, -0.05) is 36.4 Å². The van der Waals surface area contributed by atoms with Crippen LogP contribution in [-0.2, 0) is 10.5 Å². The molecule has 1 N–H and O–H groups in total. The maximum absolute atomic E-state index is 12.5. The minimum atomic E-state index is -1.26. The number of fused-ring (bicyclic) bond motifs is 3. The summed E-state index contributed by atoms with van der Waals surface area (Å²) in [5.74, 6) is 0. The van der Waals surface area contributed by atoms with E-state index in [2.05, 4.69) is 5.32 Å². The zero-order chi connectivity index (χ0) is 16.0. The van der Waals surface area contributed by atoms with Crippen LogP contribution in [0, 0.1) is 10.1 Å². The average Bonchev–Trinajstić information content (AvgIpc) is 3.02. The van der Waals surface area contributed by atoms with E-state index in [0.717, 1.165) is 0 Å². The molecule has 2 heterocycles. The summed E-state index contributed by atoms with van der Waals surface area (Å²) < 4.78 is 5.98. The fourth-order valence-corrected chi connectivity index (χ4v) is 3.35. The summed E-state index contributed by atoms with van der Waals surface area (Å²) in [5.41, 5.74) is 0.142. The van der Waals surface area contributed by atoms with E-state index in [9.17, 15) is 14.9 Å². The van der Waals surface area contributed by atoms with E-state index in [1.807, 2.05) is 30.3 Å². The Labute approximate surface area is 131 Å². The fraction of sp³-hybridized carbons (Fsp3) is 0.188. The summed E-state index contributed by atoms with van der Waals surface area (Å²) in [6.45, 7) is 0.681. The van der Waals surface area contributed by atoms with Crippen LogP contribution in [0.2, 0.25) is 0 Å². The van der Waals surface area contributed by atoms with Crippen LogP contribution in [0.5, 0.6) is 0 Å². The maximum Gasteiger partial charge on any atom is 0.324 e. The number of nitro benzene ring substituents is 1. The molecule has 23 heavy (non-hydrogen) atoms. The Kier molecular flexibility index (Phi) is 2.85. The molecule has 0 bridgehead atoms. The number of ether oxygens (including phenoxy) is 1. The van der Waals surface area contributed by atoms with E-state index in [1.165, 1.54) is 11.0 Å². The minimum Gasteiger partial charge on any atom is -0.345 e. The molecular formula is C16H13N3O4. The van der Waals surface area contributed by atoms with Crippen molar-refractivity contribution in [3.05, 3.63) is 69.8 Å². The minimum absolute atomic E-state index is 0.0711. The number of carbonyl (C=O) groups is 1. The molecule has 2 aliphatic rings. The molecule has 1 saturated heterocycles. The molecule has 2 aromatic carbocycles. The molecule has 0 aromatic heterocycles. The van der Waals surface area contributed by atoms with Crippen LogP contribution >= 0.6 is 0 Å². The van der Waals surface area contributed by atoms with Gasteiger partial charge in [-0.3, -0.25) is 15.0 Å². The molecule has 1 unspecified atom stereocenters. The second kappa shape index (κ2) is 4.79. The molecule has 0 radical (unpaired) electrons. The highest BCUT2D eigenvalue weighted by Crippen LogP contribution is 2.50. The van der Waals surface area contributed by atoms with Crippen molar-refractivity contribution in [1.29, 1.82) is 0 Å². The third-order valence-corrected chi connectivity index (χ3v) is 4.24. The predicted octanol–water partition coefficient (Wildman–Crippen LogP) is 2.67. The van der Waals surface area contributed by atoms with Crippen molar-refractivity contribution in [3.8, 4) is 0 Å². The van der Waals surface area contributed by atoms with Crippen LogP contribution in [0.15, 0.2) is 48.5 Å². The lowest BCUT2D eigenvalue weighted by Gasteiger charge is -2.41. The highest BCUT2D eigenvalue weighted by molar-refractivity contribution is 5.95. The van der Waals surface area contributed by atoms with E-state index in [-0.39, 0.29) is 11.7 Å². The monoisotopic (exact) mass is 311 g/mol. The van der Waals surface area contributed by atoms with Gasteiger partial charge in [0.15, 0.2) is 0 Å². The molecule has 4 rings (SSSR count). The summed E-state index contributed by atoms with van der Waals surface area (Å²) >= 11 is 0. The lowest BCUT2D eigenvalue weighted by molar-refractivity contribution is -0.386. The van der Waals surface area contributed by atoms with Gasteiger partial charge < -0.3 is 10.1 Å². The normalized spacial score (nSPS) is 22.3. The lowest BCUT2D eigenvalue weighted by atomic mass is 9.89. The summed E-state index contributed by atoms with van der Waals surface area (Å²) in [7, 11) is 0. The standard InChI is InChI=1S/C16H13N3O4/c20-15-17-12-7-4-8-13(19(21)22)14(12)16(18(15)9-10-23-16)11-5-2-1-3-6-11/h1-8H,9-10H2,(H,17,20). The predicted molar refractivity (Wildman–Crippen MR) is 82.0 cm³/mol. The van der Waals surface area contributed by atoms with Gasteiger partial charge >= 0.3 is 6.03 Å². The number of urea groups is 1. The number of nitrogens with one attached hydrogen (secondary N) is 1. The smallest absolute Gasteiger partial charge is 0.324 e. The average molecular weight is 311 g/mol. The number of amides is 2. The first-order valence-corrected chi connectivity index (χ1v) is 7.20. The molecule has 0 saturated carbocycles. The molecular weight excluding hydrogens is 298 g/mol. The first-order chi connectivity index (χ1) is 11.1. The number of anilines is 1. The van der Waals surface area contributed by atoms with Crippen molar-refractivity contribution in [2.45, 2.75) is 5.72 Å². The van der Waals surface area contributed by atoms with E-state index >= 15 is 0 Å². The van der Waals surface area contributed by atoms with Gasteiger partial charge in [0.1, 0.15) is 5.56 Å². The Morgan fingerprint density at radius 1 is 1.17 bits per heavy atom. The van der Waals surface area contributed by atoms with Crippen molar-refractivity contribution in [1.82, 2.24) is 4.90 Å². The van der Waals surface area contributed by atoms with Gasteiger partial charge in [-0.2, -0.15) is 0 Å². The number of rotatable bonds is 2. The number of benzene rings is 2. The SMILES string of the molecule is O=C1Nc2cccc([N+](=O)[O-])c2C2(c3ccccc3)OCCN12. The largest absolute Gasteiger partial charge is 0.345 e. The fourth-order valence-electron chi connectivity index (χ4n) is 3.35. The Morgan fingerprint density at radius 2 is 1.96 bits per heavy atom. The lowest BCUT2D eigenvalue weighted by Crippen LogP contribution is -2.52. The van der Waals surface area contributed by atoms with Crippen molar-refractivity contribution in [2.24, 2.45) is 0 Å². The topological polar surface area (TPSA) is 84.7 Å². The van der Waals surface area contributed by atoms with E-state index in [4.69, 9.17) is 4.74 Å². The van der Waals surface area contributed by atoms with Crippen molar-refractivity contribution in [2.75, 3.05) is 18.5 Å². The van der Waals surface area contributed by atoms with Crippen LogP contribution < -0.4 is 5.32 Å². The van der Waals surface area contributed by atoms with E-state index in [0.29, 0.717) is 30.0 Å². The van der Waals surface area contributed by atoms with Gasteiger partial charge in [-0.25, -0.2) is 4.79 Å². The Morgan fingerprint density at radius 3 is 2.70 bits per heavy atom. The van der Waals surface area contributed by atoms with Crippen LogP contribution in [0.4, 0.5) is 16.2 Å². The van der Waals surface area contributed by atoms with Crippen molar-refractivity contribution in [3.63, 3.8) is 0 Å². The van der Waals surface area contributed by atoms with E-state index < -0.39 is 10.6 Å². The molecule has 0 spiro atoms. The highest BCUT2D eigenvalue weighted by Gasteiger charge is 2.55. The molecule has 1 atom stereocenters. The number of nitrogens with zero attached hydrogens (tertiary/aromatic N) is 2. The number of hydrogen-bond donors (Lipinski definition) is 1. The zero-order valence-electron chi connectivity index (χ0n) is 12.1. The van der Waals surface area contributed by atoms with Crippen molar-refractivity contribution >= 4 is 17.4 Å². The molecule has 1 fully saturated rings. The van der Waals surface area contributed by atoms with Gasteiger partial charge in [0.25, 0.3) is 5.69 Å². The van der Waals surface area contributed by atoms with Gasteiger partial charge in [-0.05, 0) is 6.07 Å². The Bertz CT molecular complexity index is 808. The zero-order valence-corrected chi connectivity index (χ0v) is 12.1. The highest BCUT2D eigenvalue weighted by atomic mass is 16.6. The first-order valence-electron chi connectivity index (χ1n) is 7.20. The summed E-state index contributed by atoms with van der Waals surface area (Å²) in [6, 6.07) is 13.5. The van der Waals surface area contributed by atoms with Gasteiger partial charge in [0.05, 0.1) is 17.2 Å². The van der Waals surface area contributed by atoms with Gasteiger partial charge in [0.2, 0.25) is 5.72 Å². The number of carbonyl (C=O) groups excluding carboxylic acids is 1. The first kappa shape index (κ1) is 13.7. The molecule has 7 nitrogen and oxygen atoms in total. The molecule has 116 valence electrons. The van der Waals surface area contributed by atoms with Gasteiger partial charge in [0, 0.05) is 18.2 Å². The summed E-state index contributed by atoms with van der Waals surface area (Å²) in [4.78, 5) is 25.1. The summed E-state index contributed by atoms with van der Waals surface area (Å²) in [6.07, 6.45) is 0. The second-order valence-corrected chi connectivity index (χ2v) is 5.40.